The molecular weight excluding hydrogens is 236 g/mol. The first kappa shape index (κ1) is 14.2. The number of benzene rings is 1. The summed E-state index contributed by atoms with van der Waals surface area (Å²) in [6, 6.07) is 6.57. The molecule has 96 valence electrons. The summed E-state index contributed by atoms with van der Waals surface area (Å²) < 4.78 is 26.3. The summed E-state index contributed by atoms with van der Waals surface area (Å²) >= 11 is 0. The third-order valence-corrected chi connectivity index (χ3v) is 4.14. The Morgan fingerprint density at radius 3 is 2.24 bits per heavy atom. The highest BCUT2D eigenvalue weighted by Crippen LogP contribution is 2.10. The molecule has 5 heteroatoms. The minimum absolute atomic E-state index is 0.171. The number of nitrogens with one attached hydrogen (secondary N) is 1. The molecule has 0 fully saturated rings. The zero-order valence-corrected chi connectivity index (χ0v) is 11.3. The van der Waals surface area contributed by atoms with Gasteiger partial charge in [-0.05, 0) is 25.0 Å². The Morgan fingerprint density at radius 1 is 1.24 bits per heavy atom. The molecule has 1 aromatic carbocycles. The molecule has 1 aromatic rings. The van der Waals surface area contributed by atoms with Crippen molar-refractivity contribution >= 4 is 10.0 Å². The van der Waals surface area contributed by atoms with Crippen LogP contribution in [-0.2, 0) is 10.0 Å². The van der Waals surface area contributed by atoms with Crippen molar-refractivity contribution in [3.8, 4) is 0 Å². The van der Waals surface area contributed by atoms with Crippen LogP contribution in [0.15, 0.2) is 29.2 Å². The van der Waals surface area contributed by atoms with Crippen molar-refractivity contribution in [1.82, 2.24) is 4.72 Å². The molecule has 0 bridgehead atoms. The van der Waals surface area contributed by atoms with Crippen molar-refractivity contribution in [3.63, 3.8) is 0 Å². The lowest BCUT2D eigenvalue weighted by Gasteiger charge is -2.16. The molecule has 0 saturated carbocycles. The molecule has 0 spiro atoms. The second kappa shape index (κ2) is 5.62. The van der Waals surface area contributed by atoms with Gasteiger partial charge in [-0.2, -0.15) is 0 Å². The van der Waals surface area contributed by atoms with Gasteiger partial charge < -0.3 is 5.73 Å². The molecule has 0 aliphatic carbocycles. The van der Waals surface area contributed by atoms with Gasteiger partial charge >= 0.3 is 0 Å². The summed E-state index contributed by atoms with van der Waals surface area (Å²) in [4.78, 5) is 0.277. The van der Waals surface area contributed by atoms with Crippen molar-refractivity contribution in [2.45, 2.75) is 31.7 Å². The average Bonchev–Trinajstić information content (AvgIpc) is 2.26. The van der Waals surface area contributed by atoms with E-state index >= 15 is 0 Å². The minimum atomic E-state index is -3.44. The van der Waals surface area contributed by atoms with E-state index in [4.69, 9.17) is 5.73 Å². The summed E-state index contributed by atoms with van der Waals surface area (Å²) in [6.45, 7) is 6.10. The Morgan fingerprint density at radius 2 is 1.76 bits per heavy atom. The van der Waals surface area contributed by atoms with Crippen molar-refractivity contribution in [2.75, 3.05) is 6.54 Å². The van der Waals surface area contributed by atoms with Crippen LogP contribution in [0, 0.1) is 12.8 Å². The van der Waals surface area contributed by atoms with Crippen molar-refractivity contribution in [2.24, 2.45) is 11.7 Å². The highest BCUT2D eigenvalue weighted by atomic mass is 32.2. The van der Waals surface area contributed by atoms with Crippen LogP contribution in [-0.4, -0.2) is 21.0 Å². The molecule has 0 aliphatic rings. The maximum Gasteiger partial charge on any atom is 0.240 e. The van der Waals surface area contributed by atoms with Gasteiger partial charge in [-0.1, -0.05) is 31.5 Å². The van der Waals surface area contributed by atoms with Crippen molar-refractivity contribution in [3.05, 3.63) is 29.8 Å². The van der Waals surface area contributed by atoms with E-state index in [-0.39, 0.29) is 23.4 Å². The van der Waals surface area contributed by atoms with E-state index < -0.39 is 10.0 Å². The van der Waals surface area contributed by atoms with E-state index in [1.807, 2.05) is 20.8 Å². The number of sulfonamides is 1. The lowest BCUT2D eigenvalue weighted by molar-refractivity contribution is 0.481. The Labute approximate surface area is 103 Å². The van der Waals surface area contributed by atoms with Crippen LogP contribution >= 0.6 is 0 Å². The average molecular weight is 256 g/mol. The summed E-state index contributed by atoms with van der Waals surface area (Å²) in [6.07, 6.45) is 0. The predicted molar refractivity (Wildman–Crippen MR) is 69.2 cm³/mol. The van der Waals surface area contributed by atoms with Gasteiger partial charge in [0.1, 0.15) is 0 Å². The monoisotopic (exact) mass is 256 g/mol. The van der Waals surface area contributed by atoms with Gasteiger partial charge in [-0.15, -0.1) is 0 Å². The summed E-state index contributed by atoms with van der Waals surface area (Å²) in [5.41, 5.74) is 6.83. The minimum Gasteiger partial charge on any atom is -0.326 e. The fourth-order valence-corrected chi connectivity index (χ4v) is 2.32. The Kier molecular flexibility index (Phi) is 4.68. The largest absolute Gasteiger partial charge is 0.326 e. The molecule has 0 saturated heterocycles. The molecule has 0 amide bonds. The molecule has 0 heterocycles. The molecule has 4 nitrogen and oxygen atoms in total. The van der Waals surface area contributed by atoms with Crippen LogP contribution in [0.3, 0.4) is 0 Å². The van der Waals surface area contributed by atoms with E-state index in [0.29, 0.717) is 0 Å². The predicted octanol–water partition coefficient (Wildman–Crippen LogP) is 1.26. The zero-order valence-electron chi connectivity index (χ0n) is 10.5. The van der Waals surface area contributed by atoms with Gasteiger partial charge in [-0.3, -0.25) is 0 Å². The number of nitrogens with two attached hydrogens (primary N) is 1. The number of hydrogen-bond acceptors (Lipinski definition) is 3. The highest BCUT2D eigenvalue weighted by molar-refractivity contribution is 7.89. The second-order valence-electron chi connectivity index (χ2n) is 4.57. The molecule has 0 aliphatic heterocycles. The molecule has 0 aromatic heterocycles. The molecular formula is C12H20N2O2S. The third-order valence-electron chi connectivity index (χ3n) is 2.70. The second-order valence-corrected chi connectivity index (χ2v) is 6.34. The first-order chi connectivity index (χ1) is 7.83. The Balaban J connectivity index is 2.72. The molecule has 1 atom stereocenters. The molecule has 17 heavy (non-hydrogen) atoms. The van der Waals surface area contributed by atoms with Gasteiger partial charge in [0.15, 0.2) is 0 Å². The maximum atomic E-state index is 11.9. The van der Waals surface area contributed by atoms with Crippen LogP contribution in [0.5, 0.6) is 0 Å². The molecule has 1 rings (SSSR count). The lowest BCUT2D eigenvalue weighted by Crippen LogP contribution is -2.40. The summed E-state index contributed by atoms with van der Waals surface area (Å²) in [5.74, 6) is 0.246. The lowest BCUT2D eigenvalue weighted by atomic mass is 10.1. The number of aryl methyl sites for hydroxylation is 1. The van der Waals surface area contributed by atoms with Crippen LogP contribution in [0.4, 0.5) is 0 Å². The number of hydrogen-bond donors (Lipinski definition) is 2. The maximum absolute atomic E-state index is 11.9. The highest BCUT2D eigenvalue weighted by Gasteiger charge is 2.16. The van der Waals surface area contributed by atoms with Gasteiger partial charge in [0.2, 0.25) is 10.0 Å². The van der Waals surface area contributed by atoms with Crippen molar-refractivity contribution < 1.29 is 8.42 Å². The van der Waals surface area contributed by atoms with Gasteiger partial charge in [-0.25, -0.2) is 13.1 Å². The van der Waals surface area contributed by atoms with Gasteiger partial charge in [0, 0.05) is 12.6 Å². The van der Waals surface area contributed by atoms with E-state index in [1.54, 1.807) is 24.3 Å². The number of rotatable bonds is 5. The van der Waals surface area contributed by atoms with E-state index in [1.165, 1.54) is 0 Å². The third kappa shape index (κ3) is 4.11. The Hall–Kier alpha value is -0.910. The Bertz CT molecular complexity index is 452. The van der Waals surface area contributed by atoms with Gasteiger partial charge in [0.25, 0.3) is 0 Å². The molecule has 3 N–H and O–H groups in total. The van der Waals surface area contributed by atoms with Crippen LogP contribution in [0.2, 0.25) is 0 Å². The van der Waals surface area contributed by atoms with Crippen LogP contribution in [0.1, 0.15) is 19.4 Å². The normalized spacial score (nSPS) is 13.9. The zero-order chi connectivity index (χ0) is 13.1. The molecule has 0 radical (unpaired) electrons. The van der Waals surface area contributed by atoms with E-state index in [2.05, 4.69) is 4.72 Å². The van der Waals surface area contributed by atoms with Crippen LogP contribution in [0.25, 0.3) is 0 Å². The quantitative estimate of drug-likeness (QED) is 0.833. The first-order valence-electron chi connectivity index (χ1n) is 5.65. The van der Waals surface area contributed by atoms with E-state index in [9.17, 15) is 8.42 Å². The van der Waals surface area contributed by atoms with Gasteiger partial charge in [0.05, 0.1) is 4.90 Å². The fourth-order valence-electron chi connectivity index (χ4n) is 1.24. The summed E-state index contributed by atoms with van der Waals surface area (Å²) in [5, 5.41) is 0. The van der Waals surface area contributed by atoms with Crippen LogP contribution < -0.4 is 10.5 Å². The molecule has 0 unspecified atom stereocenters. The standard InChI is InChI=1S/C12H20N2O2S/c1-9(2)12(13)8-14-17(15,16)11-6-4-10(3)5-7-11/h4-7,9,12,14H,8,13H2,1-3H3/t12-/m1/s1. The SMILES string of the molecule is Cc1ccc(S(=O)(=O)NC[C@@H](N)C(C)C)cc1. The van der Waals surface area contributed by atoms with E-state index in [0.717, 1.165) is 5.56 Å². The summed E-state index contributed by atoms with van der Waals surface area (Å²) in [7, 11) is -3.44. The smallest absolute Gasteiger partial charge is 0.240 e. The van der Waals surface area contributed by atoms with Crippen molar-refractivity contribution in [1.29, 1.82) is 0 Å². The fraction of sp³-hybridized carbons (Fsp3) is 0.500. The first-order valence-corrected chi connectivity index (χ1v) is 7.13. The topological polar surface area (TPSA) is 72.2 Å².